The highest BCUT2D eigenvalue weighted by Gasteiger charge is 2.36. The lowest BCUT2D eigenvalue weighted by Crippen LogP contribution is -2.45. The summed E-state index contributed by atoms with van der Waals surface area (Å²) in [4.78, 5) is 12.7. The summed E-state index contributed by atoms with van der Waals surface area (Å²) in [5.41, 5.74) is 1.26. The molecule has 0 spiro atoms. The van der Waals surface area contributed by atoms with Crippen molar-refractivity contribution in [3.8, 4) is 5.75 Å². The van der Waals surface area contributed by atoms with E-state index in [-0.39, 0.29) is 23.1 Å². The van der Waals surface area contributed by atoms with E-state index in [4.69, 9.17) is 9.26 Å². The van der Waals surface area contributed by atoms with Gasteiger partial charge in [-0.2, -0.15) is 4.31 Å². The van der Waals surface area contributed by atoms with Gasteiger partial charge >= 0.3 is 0 Å². The van der Waals surface area contributed by atoms with Crippen LogP contribution in [-0.2, 0) is 21.4 Å². The van der Waals surface area contributed by atoms with E-state index in [0.717, 1.165) is 11.3 Å². The first-order chi connectivity index (χ1) is 13.3. The molecule has 2 heterocycles. The molecule has 9 heteroatoms. The van der Waals surface area contributed by atoms with Crippen molar-refractivity contribution in [1.29, 1.82) is 0 Å². The Morgan fingerprint density at radius 3 is 2.86 bits per heavy atom. The van der Waals surface area contributed by atoms with Crippen LogP contribution in [0.1, 0.15) is 29.9 Å². The fraction of sp³-hybridized carbons (Fsp3) is 0.474. The number of hydrogen-bond donors (Lipinski definition) is 1. The maximum atomic E-state index is 13.0. The van der Waals surface area contributed by atoms with Gasteiger partial charge in [-0.15, -0.1) is 0 Å². The molecule has 1 atom stereocenters. The zero-order valence-corrected chi connectivity index (χ0v) is 17.1. The normalized spacial score (nSPS) is 18.0. The van der Waals surface area contributed by atoms with E-state index in [1.54, 1.807) is 21.0 Å². The Labute approximate surface area is 164 Å². The van der Waals surface area contributed by atoms with Crippen molar-refractivity contribution >= 4 is 15.9 Å². The van der Waals surface area contributed by atoms with E-state index in [1.807, 2.05) is 24.3 Å². The molecule has 1 fully saturated rings. The summed E-state index contributed by atoms with van der Waals surface area (Å²) in [5.74, 6) is 0.444. The first-order valence-electron chi connectivity index (χ1n) is 9.16. The third kappa shape index (κ3) is 4.20. The Hall–Kier alpha value is -2.39. The quantitative estimate of drug-likeness (QED) is 0.786. The Kier molecular flexibility index (Phi) is 6.04. The summed E-state index contributed by atoms with van der Waals surface area (Å²) in [5, 5.41) is 6.64. The third-order valence-electron chi connectivity index (χ3n) is 4.92. The second-order valence-corrected chi connectivity index (χ2v) is 8.80. The number of hydrogen-bond acceptors (Lipinski definition) is 6. The number of rotatable bonds is 6. The van der Waals surface area contributed by atoms with E-state index in [9.17, 15) is 13.2 Å². The van der Waals surface area contributed by atoms with Crippen LogP contribution in [0.4, 0.5) is 0 Å². The van der Waals surface area contributed by atoms with Crippen molar-refractivity contribution in [2.24, 2.45) is 5.92 Å². The maximum Gasteiger partial charge on any atom is 0.248 e. The van der Waals surface area contributed by atoms with Gasteiger partial charge in [-0.1, -0.05) is 17.3 Å². The van der Waals surface area contributed by atoms with Crippen LogP contribution in [0.25, 0.3) is 0 Å². The van der Waals surface area contributed by atoms with Gasteiger partial charge < -0.3 is 14.6 Å². The van der Waals surface area contributed by atoms with E-state index in [2.05, 4.69) is 10.5 Å². The molecule has 8 nitrogen and oxygen atoms in total. The highest BCUT2D eigenvalue weighted by molar-refractivity contribution is 7.89. The minimum absolute atomic E-state index is 0.102. The minimum atomic E-state index is -3.74. The molecule has 0 radical (unpaired) electrons. The van der Waals surface area contributed by atoms with E-state index in [0.29, 0.717) is 31.6 Å². The summed E-state index contributed by atoms with van der Waals surface area (Å²) < 4.78 is 37.5. The molecule has 2 aromatic rings. The van der Waals surface area contributed by atoms with Gasteiger partial charge in [0.05, 0.1) is 13.0 Å². The van der Waals surface area contributed by atoms with E-state index >= 15 is 0 Å². The number of nitrogens with zero attached hydrogens (tertiary/aromatic N) is 2. The lowest BCUT2D eigenvalue weighted by molar-refractivity contribution is -0.126. The molecule has 0 saturated carbocycles. The summed E-state index contributed by atoms with van der Waals surface area (Å²) in [6, 6.07) is 7.45. The SMILES string of the molecule is COc1cccc(CNC(=O)C2CCCN(S(=O)(=O)c3c(C)noc3C)C2)c1. The van der Waals surface area contributed by atoms with Crippen LogP contribution in [-0.4, -0.2) is 44.0 Å². The Bertz CT molecular complexity index is 935. The van der Waals surface area contributed by atoms with E-state index < -0.39 is 15.9 Å². The maximum absolute atomic E-state index is 13.0. The van der Waals surface area contributed by atoms with E-state index in [1.165, 1.54) is 4.31 Å². The molecule has 1 N–H and O–H groups in total. The number of sulfonamides is 1. The minimum Gasteiger partial charge on any atom is -0.497 e. The second kappa shape index (κ2) is 8.32. The number of aromatic nitrogens is 1. The highest BCUT2D eigenvalue weighted by atomic mass is 32.2. The van der Waals surface area contributed by atoms with Gasteiger partial charge in [0.2, 0.25) is 15.9 Å². The predicted octanol–water partition coefficient (Wildman–Crippen LogP) is 2.02. The van der Waals surface area contributed by atoms with Crippen LogP contribution in [0.5, 0.6) is 5.75 Å². The number of amides is 1. The van der Waals surface area contributed by atoms with Crippen LogP contribution < -0.4 is 10.1 Å². The van der Waals surface area contributed by atoms with Crippen molar-refractivity contribution < 1.29 is 22.5 Å². The molecule has 1 unspecified atom stereocenters. The van der Waals surface area contributed by atoms with Gasteiger partial charge in [-0.3, -0.25) is 4.79 Å². The molecule has 152 valence electrons. The Morgan fingerprint density at radius 2 is 2.18 bits per heavy atom. The standard InChI is InChI=1S/C19H25N3O5S/c1-13-18(14(2)27-21-13)28(24,25)22-9-5-7-16(12-22)19(23)20-11-15-6-4-8-17(10-15)26-3/h4,6,8,10,16H,5,7,9,11-12H2,1-3H3,(H,20,23). The number of benzene rings is 1. The molecule has 0 bridgehead atoms. The smallest absolute Gasteiger partial charge is 0.248 e. The monoisotopic (exact) mass is 407 g/mol. The van der Waals surface area contributed by atoms with Gasteiger partial charge in [0.1, 0.15) is 16.3 Å². The third-order valence-corrected chi connectivity index (χ3v) is 7.03. The largest absolute Gasteiger partial charge is 0.497 e. The molecule has 1 amide bonds. The van der Waals surface area contributed by atoms with Gasteiger partial charge in [-0.25, -0.2) is 8.42 Å². The molecule has 0 aliphatic carbocycles. The van der Waals surface area contributed by atoms with Crippen LogP contribution >= 0.6 is 0 Å². The van der Waals surface area contributed by atoms with Crippen molar-refractivity contribution in [2.75, 3.05) is 20.2 Å². The fourth-order valence-corrected chi connectivity index (χ4v) is 5.28. The van der Waals surface area contributed by atoms with Crippen molar-refractivity contribution in [3.63, 3.8) is 0 Å². The van der Waals surface area contributed by atoms with Crippen molar-refractivity contribution in [2.45, 2.75) is 38.1 Å². The average Bonchev–Trinajstić information content (AvgIpc) is 3.05. The zero-order chi connectivity index (χ0) is 20.3. The van der Waals surface area contributed by atoms with Crippen molar-refractivity contribution in [3.05, 3.63) is 41.3 Å². The number of nitrogens with one attached hydrogen (secondary N) is 1. The lowest BCUT2D eigenvalue weighted by Gasteiger charge is -2.31. The molecule has 1 aliphatic rings. The van der Waals surface area contributed by atoms with Crippen LogP contribution in [0.3, 0.4) is 0 Å². The topological polar surface area (TPSA) is 102 Å². The van der Waals surface area contributed by atoms with Gasteiger partial charge in [0.25, 0.3) is 0 Å². The number of carbonyl (C=O) groups is 1. The molecular weight excluding hydrogens is 382 g/mol. The molecule has 1 aliphatic heterocycles. The van der Waals surface area contributed by atoms with Gasteiger partial charge in [0.15, 0.2) is 5.76 Å². The first kappa shape index (κ1) is 20.3. The Balaban J connectivity index is 1.66. The molecule has 3 rings (SSSR count). The fourth-order valence-electron chi connectivity index (χ4n) is 3.46. The summed E-state index contributed by atoms with van der Waals surface area (Å²) in [6.45, 7) is 4.08. The molecule has 1 aromatic heterocycles. The molecule has 1 aromatic carbocycles. The van der Waals surface area contributed by atoms with Gasteiger partial charge in [0, 0.05) is 19.6 Å². The summed E-state index contributed by atoms with van der Waals surface area (Å²) in [6.07, 6.45) is 1.28. The molecule has 1 saturated heterocycles. The van der Waals surface area contributed by atoms with Crippen molar-refractivity contribution in [1.82, 2.24) is 14.8 Å². The first-order valence-corrected chi connectivity index (χ1v) is 10.6. The predicted molar refractivity (Wildman–Crippen MR) is 102 cm³/mol. The Morgan fingerprint density at radius 1 is 1.39 bits per heavy atom. The molecule has 28 heavy (non-hydrogen) atoms. The number of methoxy groups -OCH3 is 1. The van der Waals surface area contributed by atoms with Crippen LogP contribution in [0.15, 0.2) is 33.7 Å². The number of ether oxygens (including phenoxy) is 1. The highest BCUT2D eigenvalue weighted by Crippen LogP contribution is 2.27. The second-order valence-electron chi connectivity index (χ2n) is 6.92. The number of piperidine rings is 1. The zero-order valence-electron chi connectivity index (χ0n) is 16.3. The van der Waals surface area contributed by atoms with Gasteiger partial charge in [-0.05, 0) is 44.4 Å². The number of carbonyl (C=O) groups excluding carboxylic acids is 1. The average molecular weight is 407 g/mol. The van der Waals surface area contributed by atoms with Crippen LogP contribution in [0, 0.1) is 19.8 Å². The number of aryl methyl sites for hydroxylation is 2. The lowest BCUT2D eigenvalue weighted by atomic mass is 9.99. The summed E-state index contributed by atoms with van der Waals surface area (Å²) in [7, 11) is -2.15. The summed E-state index contributed by atoms with van der Waals surface area (Å²) >= 11 is 0. The molecular formula is C19H25N3O5S. The van der Waals surface area contributed by atoms with Crippen LogP contribution in [0.2, 0.25) is 0 Å².